The average Bonchev–Trinajstić information content (AvgIpc) is 2.77. The number of hydrogen-bond acceptors (Lipinski definition) is 3. The maximum atomic E-state index is 5.76. The number of rotatable bonds is 5. The van der Waals surface area contributed by atoms with Crippen LogP contribution in [-0.2, 0) is 13.1 Å². The average molecular weight is 245 g/mol. The van der Waals surface area contributed by atoms with Crippen molar-refractivity contribution in [1.82, 2.24) is 9.78 Å². The molecule has 0 fully saturated rings. The molecule has 4 heteroatoms. The summed E-state index contributed by atoms with van der Waals surface area (Å²) >= 11 is 0. The Bertz CT molecular complexity index is 520. The summed E-state index contributed by atoms with van der Waals surface area (Å²) in [5, 5.41) is 4.23. The van der Waals surface area contributed by atoms with Crippen LogP contribution in [0.3, 0.4) is 0 Å². The molecule has 4 nitrogen and oxygen atoms in total. The molecule has 96 valence electrons. The van der Waals surface area contributed by atoms with Gasteiger partial charge < -0.3 is 10.5 Å². The van der Waals surface area contributed by atoms with E-state index < -0.39 is 0 Å². The van der Waals surface area contributed by atoms with Crippen LogP contribution in [0.5, 0.6) is 11.5 Å². The van der Waals surface area contributed by atoms with Gasteiger partial charge in [-0.25, -0.2) is 0 Å². The molecule has 1 heterocycles. The summed E-state index contributed by atoms with van der Waals surface area (Å²) in [6.45, 7) is 5.63. The Morgan fingerprint density at radius 1 is 1.33 bits per heavy atom. The summed E-state index contributed by atoms with van der Waals surface area (Å²) in [7, 11) is 0. The van der Waals surface area contributed by atoms with E-state index >= 15 is 0 Å². The summed E-state index contributed by atoms with van der Waals surface area (Å²) in [6.07, 6.45) is 4.71. The Hall–Kier alpha value is -1.81. The zero-order valence-corrected chi connectivity index (χ0v) is 10.9. The fourth-order valence-electron chi connectivity index (χ4n) is 1.85. The second-order valence-corrected chi connectivity index (χ2v) is 4.33. The fourth-order valence-corrected chi connectivity index (χ4v) is 1.85. The van der Waals surface area contributed by atoms with Crippen molar-refractivity contribution in [2.24, 2.45) is 5.73 Å². The third-order valence-electron chi connectivity index (χ3n) is 2.83. The molecule has 2 aromatic rings. The number of ether oxygens (including phenoxy) is 1. The van der Waals surface area contributed by atoms with Crippen LogP contribution in [0.15, 0.2) is 30.6 Å². The van der Waals surface area contributed by atoms with Gasteiger partial charge >= 0.3 is 0 Å². The zero-order valence-electron chi connectivity index (χ0n) is 10.9. The molecule has 0 unspecified atom stereocenters. The molecule has 0 aliphatic heterocycles. The summed E-state index contributed by atoms with van der Waals surface area (Å²) < 4.78 is 7.65. The van der Waals surface area contributed by atoms with Crippen LogP contribution in [0.25, 0.3) is 0 Å². The van der Waals surface area contributed by atoms with Crippen molar-refractivity contribution in [3.8, 4) is 11.5 Å². The van der Waals surface area contributed by atoms with Gasteiger partial charge in [-0.05, 0) is 36.6 Å². The van der Waals surface area contributed by atoms with E-state index in [1.54, 1.807) is 6.20 Å². The smallest absolute Gasteiger partial charge is 0.165 e. The van der Waals surface area contributed by atoms with Gasteiger partial charge in [0.15, 0.2) is 5.75 Å². The van der Waals surface area contributed by atoms with Crippen molar-refractivity contribution >= 4 is 0 Å². The Morgan fingerprint density at radius 3 is 2.83 bits per heavy atom. The molecule has 18 heavy (non-hydrogen) atoms. The lowest BCUT2D eigenvalue weighted by molar-refractivity contribution is 0.480. The van der Waals surface area contributed by atoms with Crippen LogP contribution in [0.4, 0.5) is 0 Å². The van der Waals surface area contributed by atoms with E-state index in [0.29, 0.717) is 6.54 Å². The maximum Gasteiger partial charge on any atom is 0.165 e. The van der Waals surface area contributed by atoms with E-state index in [-0.39, 0.29) is 0 Å². The van der Waals surface area contributed by atoms with Crippen LogP contribution in [0.2, 0.25) is 0 Å². The Labute approximate surface area is 107 Å². The molecular formula is C14H19N3O. The van der Waals surface area contributed by atoms with Crippen molar-refractivity contribution < 1.29 is 4.74 Å². The predicted octanol–water partition coefficient (Wildman–Crippen LogP) is 2.85. The molecule has 0 saturated carbocycles. The number of hydrogen-bond donors (Lipinski definition) is 1. The van der Waals surface area contributed by atoms with E-state index in [4.69, 9.17) is 10.5 Å². The number of aromatic nitrogens is 2. The van der Waals surface area contributed by atoms with Crippen molar-refractivity contribution in [1.29, 1.82) is 0 Å². The molecule has 0 saturated heterocycles. The SMILES string of the molecule is CCCn1cc(Oc2ccc(CN)c(C)c2)cn1. The lowest BCUT2D eigenvalue weighted by Crippen LogP contribution is -1.98. The third-order valence-corrected chi connectivity index (χ3v) is 2.83. The first-order valence-corrected chi connectivity index (χ1v) is 6.23. The Kier molecular flexibility index (Phi) is 3.99. The molecule has 0 atom stereocenters. The van der Waals surface area contributed by atoms with Crippen molar-refractivity contribution in [3.05, 3.63) is 41.7 Å². The van der Waals surface area contributed by atoms with Gasteiger partial charge in [0, 0.05) is 13.1 Å². The van der Waals surface area contributed by atoms with E-state index in [1.807, 2.05) is 36.0 Å². The number of nitrogens with two attached hydrogens (primary N) is 1. The van der Waals surface area contributed by atoms with Crippen LogP contribution < -0.4 is 10.5 Å². The minimum atomic E-state index is 0.556. The molecule has 0 aliphatic carbocycles. The molecule has 0 spiro atoms. The standard InChI is InChI=1S/C14H19N3O/c1-3-6-17-10-14(9-16-17)18-13-5-4-12(8-15)11(2)7-13/h4-5,7,9-10H,3,6,8,15H2,1-2H3. The van der Waals surface area contributed by atoms with E-state index in [9.17, 15) is 0 Å². The molecule has 2 rings (SSSR count). The van der Waals surface area contributed by atoms with Crippen molar-refractivity contribution in [2.75, 3.05) is 0 Å². The molecule has 0 amide bonds. The Balaban J connectivity index is 2.10. The highest BCUT2D eigenvalue weighted by Crippen LogP contribution is 2.23. The predicted molar refractivity (Wildman–Crippen MR) is 71.7 cm³/mol. The topological polar surface area (TPSA) is 53.1 Å². The van der Waals surface area contributed by atoms with Gasteiger partial charge in [-0.1, -0.05) is 13.0 Å². The molecule has 0 bridgehead atoms. The number of benzene rings is 1. The Morgan fingerprint density at radius 2 is 2.17 bits per heavy atom. The van der Waals surface area contributed by atoms with E-state index in [1.165, 1.54) is 0 Å². The van der Waals surface area contributed by atoms with Crippen LogP contribution in [-0.4, -0.2) is 9.78 Å². The molecule has 1 aromatic carbocycles. The molecular weight excluding hydrogens is 226 g/mol. The van der Waals surface area contributed by atoms with Crippen LogP contribution >= 0.6 is 0 Å². The summed E-state index contributed by atoms with van der Waals surface area (Å²) in [5.41, 5.74) is 7.93. The second kappa shape index (κ2) is 5.69. The minimum Gasteiger partial charge on any atom is -0.454 e. The van der Waals surface area contributed by atoms with Gasteiger partial charge in [0.2, 0.25) is 0 Å². The largest absolute Gasteiger partial charge is 0.454 e. The van der Waals surface area contributed by atoms with Gasteiger partial charge in [-0.3, -0.25) is 4.68 Å². The number of aryl methyl sites for hydroxylation is 2. The molecule has 0 aliphatic rings. The third kappa shape index (κ3) is 2.90. The van der Waals surface area contributed by atoms with Crippen LogP contribution in [0, 0.1) is 6.92 Å². The molecule has 2 N–H and O–H groups in total. The maximum absolute atomic E-state index is 5.76. The fraction of sp³-hybridized carbons (Fsp3) is 0.357. The normalized spacial score (nSPS) is 10.6. The quantitative estimate of drug-likeness (QED) is 0.881. The summed E-state index contributed by atoms with van der Waals surface area (Å²) in [4.78, 5) is 0. The van der Waals surface area contributed by atoms with Crippen LogP contribution in [0.1, 0.15) is 24.5 Å². The minimum absolute atomic E-state index is 0.556. The van der Waals surface area contributed by atoms with Gasteiger partial charge in [0.05, 0.1) is 12.4 Å². The first kappa shape index (κ1) is 12.6. The van der Waals surface area contributed by atoms with Crippen molar-refractivity contribution in [2.45, 2.75) is 33.4 Å². The van der Waals surface area contributed by atoms with E-state index in [0.717, 1.165) is 35.6 Å². The highest BCUT2D eigenvalue weighted by atomic mass is 16.5. The molecule has 1 aromatic heterocycles. The lowest BCUT2D eigenvalue weighted by Gasteiger charge is -2.07. The van der Waals surface area contributed by atoms with Gasteiger partial charge in [-0.15, -0.1) is 0 Å². The second-order valence-electron chi connectivity index (χ2n) is 4.33. The summed E-state index contributed by atoms with van der Waals surface area (Å²) in [6, 6.07) is 5.94. The number of nitrogens with zero attached hydrogens (tertiary/aromatic N) is 2. The van der Waals surface area contributed by atoms with Crippen molar-refractivity contribution in [3.63, 3.8) is 0 Å². The lowest BCUT2D eigenvalue weighted by atomic mass is 10.1. The monoisotopic (exact) mass is 245 g/mol. The highest BCUT2D eigenvalue weighted by Gasteiger charge is 2.03. The zero-order chi connectivity index (χ0) is 13.0. The van der Waals surface area contributed by atoms with E-state index in [2.05, 4.69) is 12.0 Å². The highest BCUT2D eigenvalue weighted by molar-refractivity contribution is 5.36. The van der Waals surface area contributed by atoms with Gasteiger partial charge in [0.1, 0.15) is 5.75 Å². The van der Waals surface area contributed by atoms with Gasteiger partial charge in [-0.2, -0.15) is 5.10 Å². The molecule has 0 radical (unpaired) electrons. The van der Waals surface area contributed by atoms with Gasteiger partial charge in [0.25, 0.3) is 0 Å². The first-order valence-electron chi connectivity index (χ1n) is 6.23. The summed E-state index contributed by atoms with van der Waals surface area (Å²) in [5.74, 6) is 1.59. The first-order chi connectivity index (χ1) is 8.72.